The van der Waals surface area contributed by atoms with Gasteiger partial charge in [0.05, 0.1) is 22.2 Å². The number of aromatic nitrogens is 2. The van der Waals surface area contributed by atoms with Crippen molar-refractivity contribution in [3.05, 3.63) is 34.6 Å². The van der Waals surface area contributed by atoms with E-state index in [2.05, 4.69) is 29.8 Å². The number of nitriles is 1. The Morgan fingerprint density at radius 2 is 2.04 bits per heavy atom. The molecular formula is C18H24N4OS. The maximum Gasteiger partial charge on any atom is 0.262 e. The van der Waals surface area contributed by atoms with Crippen LogP contribution < -0.4 is 5.56 Å². The molecule has 6 heteroatoms. The third-order valence-corrected chi connectivity index (χ3v) is 5.02. The Morgan fingerprint density at radius 3 is 2.71 bits per heavy atom. The molecule has 0 saturated carbocycles. The molecule has 2 aromatic rings. The molecule has 0 aliphatic rings. The van der Waals surface area contributed by atoms with Crippen LogP contribution in [0.15, 0.2) is 34.2 Å². The molecule has 1 atom stereocenters. The van der Waals surface area contributed by atoms with Crippen molar-refractivity contribution >= 4 is 22.7 Å². The lowest BCUT2D eigenvalue weighted by Gasteiger charge is -2.19. The van der Waals surface area contributed by atoms with Crippen LogP contribution in [0.3, 0.4) is 0 Å². The van der Waals surface area contributed by atoms with Gasteiger partial charge in [0.2, 0.25) is 0 Å². The van der Waals surface area contributed by atoms with Gasteiger partial charge in [-0.15, -0.1) is 0 Å². The van der Waals surface area contributed by atoms with Crippen molar-refractivity contribution in [2.75, 3.05) is 19.6 Å². The highest BCUT2D eigenvalue weighted by Gasteiger charge is 2.14. The lowest BCUT2D eigenvalue weighted by Crippen LogP contribution is -2.28. The van der Waals surface area contributed by atoms with E-state index in [0.717, 1.165) is 26.1 Å². The molecular weight excluding hydrogens is 320 g/mol. The van der Waals surface area contributed by atoms with Crippen LogP contribution in [0.5, 0.6) is 0 Å². The van der Waals surface area contributed by atoms with E-state index in [0.29, 0.717) is 22.6 Å². The van der Waals surface area contributed by atoms with E-state index in [4.69, 9.17) is 5.26 Å². The van der Waals surface area contributed by atoms with Crippen molar-refractivity contribution in [2.45, 2.75) is 44.1 Å². The van der Waals surface area contributed by atoms with Crippen LogP contribution in [0, 0.1) is 11.3 Å². The zero-order valence-corrected chi connectivity index (χ0v) is 15.3. The minimum Gasteiger partial charge on any atom is -0.304 e. The quantitative estimate of drug-likeness (QED) is 0.544. The largest absolute Gasteiger partial charge is 0.304 e. The summed E-state index contributed by atoms with van der Waals surface area (Å²) in [6.45, 7) is 9.69. The summed E-state index contributed by atoms with van der Waals surface area (Å²) in [5.74, 6) is 0. The maximum atomic E-state index is 12.8. The van der Waals surface area contributed by atoms with Crippen LogP contribution in [-0.2, 0) is 6.54 Å². The molecule has 1 heterocycles. The predicted molar refractivity (Wildman–Crippen MR) is 99.3 cm³/mol. The zero-order valence-electron chi connectivity index (χ0n) is 14.5. The first kappa shape index (κ1) is 18.5. The number of hydrogen-bond donors (Lipinski definition) is 0. The number of benzene rings is 1. The molecule has 0 fully saturated rings. The topological polar surface area (TPSA) is 61.9 Å². The van der Waals surface area contributed by atoms with Crippen LogP contribution in [0.25, 0.3) is 10.9 Å². The molecule has 2 rings (SSSR count). The molecule has 0 bridgehead atoms. The summed E-state index contributed by atoms with van der Waals surface area (Å²) >= 11 is 1.35. The number of thioether (sulfide) groups is 1. The van der Waals surface area contributed by atoms with Gasteiger partial charge in [-0.3, -0.25) is 9.36 Å². The van der Waals surface area contributed by atoms with Gasteiger partial charge in [0.25, 0.3) is 5.56 Å². The average molecular weight is 344 g/mol. The standard InChI is InChI=1S/C18H24N4OS/c1-4-21(5-2)11-8-12-22-17(23)15-9-6-7-10-16(15)20-18(22)24-14(3)13-19/h6-7,9-10,14H,4-5,8,11-12H2,1-3H3/t14-/m0/s1. The second-order valence-corrected chi connectivity index (χ2v) is 6.95. The second kappa shape index (κ2) is 8.86. The van der Waals surface area contributed by atoms with Gasteiger partial charge < -0.3 is 4.90 Å². The van der Waals surface area contributed by atoms with E-state index in [-0.39, 0.29) is 10.8 Å². The van der Waals surface area contributed by atoms with Crippen LogP contribution >= 0.6 is 11.8 Å². The van der Waals surface area contributed by atoms with Crippen molar-refractivity contribution in [1.29, 1.82) is 5.26 Å². The van der Waals surface area contributed by atoms with E-state index in [1.165, 1.54) is 11.8 Å². The molecule has 1 aromatic heterocycles. The Balaban J connectivity index is 2.34. The Kier molecular flexibility index (Phi) is 6.83. The fourth-order valence-corrected chi connectivity index (χ4v) is 3.43. The van der Waals surface area contributed by atoms with Crippen LogP contribution in [0.2, 0.25) is 0 Å². The molecule has 0 amide bonds. The van der Waals surface area contributed by atoms with Crippen LogP contribution in [0.1, 0.15) is 27.2 Å². The molecule has 0 aliphatic carbocycles. The number of rotatable bonds is 8. The minimum atomic E-state index is -0.243. The summed E-state index contributed by atoms with van der Waals surface area (Å²) < 4.78 is 1.73. The van der Waals surface area contributed by atoms with Crippen molar-refractivity contribution < 1.29 is 0 Å². The minimum absolute atomic E-state index is 0.0206. The lowest BCUT2D eigenvalue weighted by atomic mass is 10.2. The van der Waals surface area contributed by atoms with E-state index in [9.17, 15) is 4.79 Å². The van der Waals surface area contributed by atoms with Gasteiger partial charge in [0.15, 0.2) is 5.16 Å². The summed E-state index contributed by atoms with van der Waals surface area (Å²) in [6.07, 6.45) is 0.885. The van der Waals surface area contributed by atoms with Crippen molar-refractivity contribution in [1.82, 2.24) is 14.5 Å². The van der Waals surface area contributed by atoms with E-state index in [1.807, 2.05) is 31.2 Å². The van der Waals surface area contributed by atoms with Gasteiger partial charge >= 0.3 is 0 Å². The van der Waals surface area contributed by atoms with Gasteiger partial charge in [-0.05, 0) is 45.1 Å². The average Bonchev–Trinajstić information content (AvgIpc) is 2.61. The smallest absolute Gasteiger partial charge is 0.262 e. The Morgan fingerprint density at radius 1 is 1.33 bits per heavy atom. The molecule has 0 N–H and O–H groups in total. The molecule has 5 nitrogen and oxygen atoms in total. The molecule has 0 saturated heterocycles. The zero-order chi connectivity index (χ0) is 17.5. The molecule has 1 aromatic carbocycles. The molecule has 0 radical (unpaired) electrons. The summed E-state index contributed by atoms with van der Waals surface area (Å²) in [6, 6.07) is 9.59. The van der Waals surface area contributed by atoms with Gasteiger partial charge in [0, 0.05) is 6.54 Å². The second-order valence-electron chi connectivity index (χ2n) is 5.64. The number of para-hydroxylation sites is 1. The third kappa shape index (κ3) is 4.37. The molecule has 0 aliphatic heterocycles. The highest BCUT2D eigenvalue weighted by molar-refractivity contribution is 8.00. The lowest BCUT2D eigenvalue weighted by molar-refractivity contribution is 0.290. The van der Waals surface area contributed by atoms with Gasteiger partial charge in [-0.1, -0.05) is 37.7 Å². The van der Waals surface area contributed by atoms with Gasteiger partial charge in [-0.25, -0.2) is 4.98 Å². The summed E-state index contributed by atoms with van der Waals surface area (Å²) in [7, 11) is 0. The van der Waals surface area contributed by atoms with Crippen molar-refractivity contribution in [3.8, 4) is 6.07 Å². The first-order valence-electron chi connectivity index (χ1n) is 8.38. The van der Waals surface area contributed by atoms with E-state index >= 15 is 0 Å². The SMILES string of the molecule is CCN(CC)CCCn1c(S[C@@H](C)C#N)nc2ccccc2c1=O. The van der Waals surface area contributed by atoms with E-state index < -0.39 is 0 Å². The maximum absolute atomic E-state index is 12.8. The van der Waals surface area contributed by atoms with Crippen LogP contribution in [0.4, 0.5) is 0 Å². The fourth-order valence-electron chi connectivity index (χ4n) is 2.61. The number of nitrogens with zero attached hydrogens (tertiary/aromatic N) is 4. The Hall–Kier alpha value is -1.84. The van der Waals surface area contributed by atoms with Gasteiger partial charge in [0.1, 0.15) is 0 Å². The number of hydrogen-bond acceptors (Lipinski definition) is 5. The first-order valence-corrected chi connectivity index (χ1v) is 9.26. The third-order valence-electron chi connectivity index (χ3n) is 4.04. The summed E-state index contributed by atoms with van der Waals surface area (Å²) in [5.41, 5.74) is 0.669. The summed E-state index contributed by atoms with van der Waals surface area (Å²) in [4.78, 5) is 19.8. The van der Waals surface area contributed by atoms with Crippen molar-refractivity contribution in [2.24, 2.45) is 0 Å². The monoisotopic (exact) mass is 344 g/mol. The predicted octanol–water partition coefficient (Wildman–Crippen LogP) is 3.13. The van der Waals surface area contributed by atoms with E-state index in [1.54, 1.807) is 4.57 Å². The number of fused-ring (bicyclic) bond motifs is 1. The van der Waals surface area contributed by atoms with Crippen molar-refractivity contribution in [3.63, 3.8) is 0 Å². The fraction of sp³-hybridized carbons (Fsp3) is 0.500. The summed E-state index contributed by atoms with van der Waals surface area (Å²) in [5, 5.41) is 10.1. The highest BCUT2D eigenvalue weighted by atomic mass is 32.2. The van der Waals surface area contributed by atoms with Gasteiger partial charge in [-0.2, -0.15) is 5.26 Å². The first-order chi connectivity index (χ1) is 11.6. The Bertz CT molecular complexity index is 777. The molecule has 24 heavy (non-hydrogen) atoms. The highest BCUT2D eigenvalue weighted by Crippen LogP contribution is 2.22. The van der Waals surface area contributed by atoms with Crippen LogP contribution in [-0.4, -0.2) is 39.3 Å². The molecule has 0 spiro atoms. The molecule has 128 valence electrons. The normalized spacial score (nSPS) is 12.5. The molecule has 0 unspecified atom stereocenters. The Labute approximate surface area is 147 Å².